The molecule has 0 saturated heterocycles. The van der Waals surface area contributed by atoms with E-state index in [9.17, 15) is 0 Å². The molecule has 0 aliphatic heterocycles. The molecule has 0 radical (unpaired) electrons. The van der Waals surface area contributed by atoms with Crippen molar-refractivity contribution in [3.63, 3.8) is 0 Å². The molecule has 0 N–H and O–H groups in total. The maximum atomic E-state index is 6.39. The van der Waals surface area contributed by atoms with Gasteiger partial charge in [-0.25, -0.2) is 0 Å². The van der Waals surface area contributed by atoms with Crippen LogP contribution in [0.15, 0.2) is 0 Å². The quantitative estimate of drug-likeness (QED) is 0.611. The Balaban J connectivity index is 1.79. The fourth-order valence-corrected chi connectivity index (χ4v) is 7.03. The molecule has 2 saturated carbocycles. The lowest BCUT2D eigenvalue weighted by Gasteiger charge is -2.36. The summed E-state index contributed by atoms with van der Waals surface area (Å²) in [5.41, 5.74) is 0.741. The van der Waals surface area contributed by atoms with Crippen LogP contribution in [-0.2, 0) is 8.85 Å². The van der Waals surface area contributed by atoms with Gasteiger partial charge in [0.15, 0.2) is 0 Å². The molecule has 2 nitrogen and oxygen atoms in total. The summed E-state index contributed by atoms with van der Waals surface area (Å²) in [7, 11) is -1.92. The molecule has 0 aromatic rings. The summed E-state index contributed by atoms with van der Waals surface area (Å²) >= 11 is 0. The van der Waals surface area contributed by atoms with Crippen molar-refractivity contribution in [1.82, 2.24) is 0 Å². The lowest BCUT2D eigenvalue weighted by molar-refractivity contribution is 0.154. The van der Waals surface area contributed by atoms with E-state index in [-0.39, 0.29) is 0 Å². The normalized spacial score (nSPS) is 25.6. The van der Waals surface area contributed by atoms with Crippen LogP contribution in [-0.4, -0.2) is 21.8 Å². The molecule has 3 heteroatoms. The van der Waals surface area contributed by atoms with Gasteiger partial charge < -0.3 is 8.85 Å². The molecule has 1 atom stereocenters. The molecular weight excluding hydrogens is 252 g/mol. The summed E-state index contributed by atoms with van der Waals surface area (Å²) in [6.07, 6.45) is 13.9. The van der Waals surface area contributed by atoms with Crippen LogP contribution in [0, 0.1) is 5.92 Å². The molecule has 1 unspecified atom stereocenters. The first kappa shape index (κ1) is 15.5. The fourth-order valence-electron chi connectivity index (χ4n) is 3.92. The summed E-state index contributed by atoms with van der Waals surface area (Å²) in [6, 6.07) is 0. The van der Waals surface area contributed by atoms with Gasteiger partial charge in [-0.2, -0.15) is 0 Å². The minimum Gasteiger partial charge on any atom is -0.394 e. The van der Waals surface area contributed by atoms with Gasteiger partial charge in [0.05, 0.1) is 0 Å². The van der Waals surface area contributed by atoms with Crippen molar-refractivity contribution in [2.45, 2.75) is 83.2 Å². The van der Waals surface area contributed by atoms with E-state index >= 15 is 0 Å². The number of rotatable bonds is 7. The zero-order chi connectivity index (χ0) is 13.6. The largest absolute Gasteiger partial charge is 0.394 e. The number of hydrogen-bond acceptors (Lipinski definition) is 2. The van der Waals surface area contributed by atoms with E-state index in [0.29, 0.717) is 0 Å². The van der Waals surface area contributed by atoms with Crippen LogP contribution in [0.5, 0.6) is 0 Å². The Labute approximate surface area is 120 Å². The highest BCUT2D eigenvalue weighted by atomic mass is 28.4. The Morgan fingerprint density at radius 3 is 2.16 bits per heavy atom. The molecule has 2 rings (SSSR count). The maximum absolute atomic E-state index is 6.39. The lowest BCUT2D eigenvalue weighted by Crippen LogP contribution is -2.45. The van der Waals surface area contributed by atoms with Gasteiger partial charge in [-0.3, -0.25) is 0 Å². The van der Waals surface area contributed by atoms with Crippen molar-refractivity contribution < 1.29 is 8.85 Å². The van der Waals surface area contributed by atoms with E-state index in [1.54, 1.807) is 0 Å². The zero-order valence-electron chi connectivity index (χ0n) is 13.0. The maximum Gasteiger partial charge on any atom is 0.338 e. The first-order chi connectivity index (χ1) is 9.24. The van der Waals surface area contributed by atoms with Crippen molar-refractivity contribution in [1.29, 1.82) is 0 Å². The fraction of sp³-hybridized carbons (Fsp3) is 1.00. The molecule has 0 bridgehead atoms. The summed E-state index contributed by atoms with van der Waals surface area (Å²) in [4.78, 5) is 0. The molecule has 0 heterocycles. The Bertz CT molecular complexity index is 247. The van der Waals surface area contributed by atoms with E-state index in [4.69, 9.17) is 8.85 Å². The van der Waals surface area contributed by atoms with Gasteiger partial charge in [0.2, 0.25) is 0 Å². The standard InChI is InChI=1S/C16H32O2Si/c1-3-17-19(2,16-11-5-4-6-12-16)18-14-13-15-9-7-8-10-15/h15-16H,3-14H2,1-2H3. The van der Waals surface area contributed by atoms with Crippen molar-refractivity contribution in [2.75, 3.05) is 13.2 Å². The first-order valence-electron chi connectivity index (χ1n) is 8.52. The van der Waals surface area contributed by atoms with E-state index in [1.807, 2.05) is 0 Å². The molecule has 0 amide bonds. The van der Waals surface area contributed by atoms with Gasteiger partial charge in [0.25, 0.3) is 0 Å². The predicted octanol–water partition coefficient (Wildman–Crippen LogP) is 5.03. The van der Waals surface area contributed by atoms with Crippen LogP contribution in [0.25, 0.3) is 0 Å². The van der Waals surface area contributed by atoms with Crippen molar-refractivity contribution in [3.05, 3.63) is 0 Å². The highest BCUT2D eigenvalue weighted by Crippen LogP contribution is 2.38. The van der Waals surface area contributed by atoms with Gasteiger partial charge in [-0.15, -0.1) is 0 Å². The molecule has 2 aliphatic rings. The zero-order valence-corrected chi connectivity index (χ0v) is 14.0. The summed E-state index contributed by atoms with van der Waals surface area (Å²) in [5, 5.41) is 0. The highest BCUT2D eigenvalue weighted by molar-refractivity contribution is 6.67. The van der Waals surface area contributed by atoms with Crippen LogP contribution in [0.3, 0.4) is 0 Å². The molecule has 0 spiro atoms. The van der Waals surface area contributed by atoms with Crippen molar-refractivity contribution >= 4 is 8.56 Å². The molecular formula is C16H32O2Si. The smallest absolute Gasteiger partial charge is 0.338 e. The predicted molar refractivity (Wildman–Crippen MR) is 82.6 cm³/mol. The molecule has 0 aromatic heterocycles. The van der Waals surface area contributed by atoms with Crippen LogP contribution in [0.1, 0.15) is 71.1 Å². The molecule has 2 fully saturated rings. The Kier molecular flexibility index (Phi) is 6.37. The van der Waals surface area contributed by atoms with Gasteiger partial charge in [0, 0.05) is 18.8 Å². The third-order valence-corrected chi connectivity index (χ3v) is 8.87. The van der Waals surface area contributed by atoms with Crippen LogP contribution >= 0.6 is 0 Å². The topological polar surface area (TPSA) is 18.5 Å². The van der Waals surface area contributed by atoms with Gasteiger partial charge in [0.1, 0.15) is 0 Å². The summed E-state index contributed by atoms with van der Waals surface area (Å²) in [5.74, 6) is 0.936. The van der Waals surface area contributed by atoms with Gasteiger partial charge in [-0.05, 0) is 38.7 Å². The van der Waals surface area contributed by atoms with E-state index in [2.05, 4.69) is 13.5 Å². The second kappa shape index (κ2) is 7.80. The number of hydrogen-bond donors (Lipinski definition) is 0. The Morgan fingerprint density at radius 1 is 0.895 bits per heavy atom. The van der Waals surface area contributed by atoms with E-state index in [1.165, 1.54) is 64.2 Å². The average Bonchev–Trinajstić information content (AvgIpc) is 2.93. The molecule has 0 aromatic carbocycles. The third-order valence-electron chi connectivity index (χ3n) is 5.17. The van der Waals surface area contributed by atoms with Crippen LogP contribution in [0.2, 0.25) is 12.1 Å². The molecule has 2 aliphatic carbocycles. The lowest BCUT2D eigenvalue weighted by atomic mass is 10.0. The van der Waals surface area contributed by atoms with Gasteiger partial charge >= 0.3 is 8.56 Å². The summed E-state index contributed by atoms with van der Waals surface area (Å²) in [6.45, 7) is 6.21. The molecule has 112 valence electrons. The minimum absolute atomic E-state index is 0.741. The Hall–Kier alpha value is 0.137. The van der Waals surface area contributed by atoms with E-state index in [0.717, 1.165) is 24.7 Å². The molecule has 19 heavy (non-hydrogen) atoms. The van der Waals surface area contributed by atoms with Gasteiger partial charge in [-0.1, -0.05) is 44.9 Å². The third kappa shape index (κ3) is 4.57. The summed E-state index contributed by atoms with van der Waals surface area (Å²) < 4.78 is 12.5. The minimum atomic E-state index is -1.92. The van der Waals surface area contributed by atoms with Crippen LogP contribution in [0.4, 0.5) is 0 Å². The first-order valence-corrected chi connectivity index (χ1v) is 10.9. The van der Waals surface area contributed by atoms with E-state index < -0.39 is 8.56 Å². The van der Waals surface area contributed by atoms with Crippen molar-refractivity contribution in [3.8, 4) is 0 Å². The highest BCUT2D eigenvalue weighted by Gasteiger charge is 2.41. The average molecular weight is 285 g/mol. The van der Waals surface area contributed by atoms with Crippen molar-refractivity contribution in [2.24, 2.45) is 5.92 Å². The Morgan fingerprint density at radius 2 is 1.53 bits per heavy atom. The van der Waals surface area contributed by atoms with Crippen LogP contribution < -0.4 is 0 Å². The second-order valence-corrected chi connectivity index (χ2v) is 10.00. The second-order valence-electron chi connectivity index (χ2n) is 6.57. The monoisotopic (exact) mass is 284 g/mol. The SMILES string of the molecule is CCO[Si](C)(OCCC1CCCC1)C1CCCCC1.